The Morgan fingerprint density at radius 3 is 3.17 bits per heavy atom. The zero-order valence-electron chi connectivity index (χ0n) is 7.31. The van der Waals surface area contributed by atoms with E-state index >= 15 is 0 Å². The molecule has 0 bridgehead atoms. The van der Waals surface area contributed by atoms with Crippen molar-refractivity contribution in [3.8, 4) is 0 Å². The lowest BCUT2D eigenvalue weighted by Crippen LogP contribution is -2.17. The molecule has 1 N–H and O–H groups in total. The predicted octanol–water partition coefficient (Wildman–Crippen LogP) is 1.54. The summed E-state index contributed by atoms with van der Waals surface area (Å²) in [5.41, 5.74) is 3.82. The molecule has 0 saturated heterocycles. The summed E-state index contributed by atoms with van der Waals surface area (Å²) in [6, 6.07) is 0. The number of nitrogens with one attached hydrogen (secondary N) is 1. The Morgan fingerprint density at radius 1 is 1.58 bits per heavy atom. The van der Waals surface area contributed by atoms with Crippen LogP contribution in [0.3, 0.4) is 0 Å². The summed E-state index contributed by atoms with van der Waals surface area (Å²) in [5, 5.41) is 2.86. The average molecular weight is 163 g/mol. The van der Waals surface area contributed by atoms with E-state index in [1.807, 2.05) is 0 Å². The zero-order chi connectivity index (χ0) is 8.55. The van der Waals surface area contributed by atoms with Gasteiger partial charge in [0.1, 0.15) is 0 Å². The second-order valence-corrected chi connectivity index (χ2v) is 3.36. The van der Waals surface area contributed by atoms with Gasteiger partial charge >= 0.3 is 0 Å². The highest BCUT2D eigenvalue weighted by Crippen LogP contribution is 2.28. The number of carbonyl (C=O) groups is 1. The minimum absolute atomic E-state index is 0.149. The Hall–Kier alpha value is -1.05. The van der Waals surface area contributed by atoms with Crippen molar-refractivity contribution in [2.45, 2.75) is 26.2 Å². The normalized spacial score (nSPS) is 22.1. The van der Waals surface area contributed by atoms with Crippen LogP contribution in [0.5, 0.6) is 0 Å². The minimum atomic E-state index is 0.149. The maximum absolute atomic E-state index is 11.2. The van der Waals surface area contributed by atoms with Crippen LogP contribution in [0, 0.1) is 0 Å². The van der Waals surface area contributed by atoms with Crippen molar-refractivity contribution < 1.29 is 4.79 Å². The quantitative estimate of drug-likeness (QED) is 0.584. The molecule has 0 aromatic heterocycles. The molecule has 0 atom stereocenters. The molecule has 0 saturated carbocycles. The fourth-order valence-electron chi connectivity index (χ4n) is 1.83. The molecule has 2 heteroatoms. The van der Waals surface area contributed by atoms with E-state index in [0.717, 1.165) is 31.4 Å². The van der Waals surface area contributed by atoms with Crippen molar-refractivity contribution in [1.82, 2.24) is 5.32 Å². The molecular formula is C10H13NO. The van der Waals surface area contributed by atoms with Crippen LogP contribution in [-0.4, -0.2) is 12.5 Å². The van der Waals surface area contributed by atoms with E-state index in [-0.39, 0.29) is 5.91 Å². The number of amides is 1. The first-order chi connectivity index (χ1) is 5.81. The molecule has 1 amide bonds. The van der Waals surface area contributed by atoms with Crippen LogP contribution in [0.4, 0.5) is 0 Å². The third-order valence-corrected chi connectivity index (χ3v) is 2.65. The molecule has 12 heavy (non-hydrogen) atoms. The van der Waals surface area contributed by atoms with Crippen LogP contribution in [0.15, 0.2) is 22.8 Å². The molecule has 0 radical (unpaired) electrons. The van der Waals surface area contributed by atoms with E-state index in [2.05, 4.69) is 18.3 Å². The van der Waals surface area contributed by atoms with E-state index in [1.165, 1.54) is 11.1 Å². The maximum atomic E-state index is 11.2. The van der Waals surface area contributed by atoms with E-state index < -0.39 is 0 Å². The second-order valence-electron chi connectivity index (χ2n) is 3.36. The molecule has 1 heterocycles. The van der Waals surface area contributed by atoms with E-state index in [1.54, 1.807) is 0 Å². The van der Waals surface area contributed by atoms with Crippen molar-refractivity contribution in [3.05, 3.63) is 22.8 Å². The van der Waals surface area contributed by atoms with Gasteiger partial charge in [-0.2, -0.15) is 0 Å². The number of hydrogen-bond donors (Lipinski definition) is 1. The number of carbonyl (C=O) groups excluding carboxylic acids is 1. The smallest absolute Gasteiger partial charge is 0.247 e. The van der Waals surface area contributed by atoms with Gasteiger partial charge < -0.3 is 5.32 Å². The summed E-state index contributed by atoms with van der Waals surface area (Å²) in [4.78, 5) is 11.2. The minimum Gasteiger partial charge on any atom is -0.349 e. The molecule has 0 unspecified atom stereocenters. The van der Waals surface area contributed by atoms with Crippen LogP contribution in [-0.2, 0) is 4.79 Å². The molecule has 0 spiro atoms. The number of allylic oxidation sites excluding steroid dienone is 2. The van der Waals surface area contributed by atoms with Gasteiger partial charge in [0.25, 0.3) is 0 Å². The Kier molecular flexibility index (Phi) is 1.75. The van der Waals surface area contributed by atoms with Gasteiger partial charge in [-0.25, -0.2) is 0 Å². The highest BCUT2D eigenvalue weighted by molar-refractivity contribution is 5.97. The summed E-state index contributed by atoms with van der Waals surface area (Å²) >= 11 is 0. The van der Waals surface area contributed by atoms with E-state index in [0.29, 0.717) is 0 Å². The molecule has 0 aromatic rings. The van der Waals surface area contributed by atoms with Crippen molar-refractivity contribution in [3.63, 3.8) is 0 Å². The lowest BCUT2D eigenvalue weighted by Gasteiger charge is -2.12. The second kappa shape index (κ2) is 2.77. The Labute approximate surface area is 72.3 Å². The summed E-state index contributed by atoms with van der Waals surface area (Å²) in [7, 11) is 0. The fraction of sp³-hybridized carbons (Fsp3) is 0.500. The van der Waals surface area contributed by atoms with E-state index in [4.69, 9.17) is 0 Å². The van der Waals surface area contributed by atoms with Gasteiger partial charge in [0.05, 0.1) is 0 Å². The summed E-state index contributed by atoms with van der Waals surface area (Å²) in [5.74, 6) is 0.149. The van der Waals surface area contributed by atoms with Gasteiger partial charge in [-0.1, -0.05) is 18.6 Å². The lowest BCUT2D eigenvalue weighted by molar-refractivity contribution is -0.116. The fourth-order valence-corrected chi connectivity index (χ4v) is 1.83. The van der Waals surface area contributed by atoms with Crippen LogP contribution < -0.4 is 5.32 Å². The molecule has 1 aliphatic carbocycles. The summed E-state index contributed by atoms with van der Waals surface area (Å²) in [6.45, 7) is 2.95. The maximum Gasteiger partial charge on any atom is 0.247 e. The van der Waals surface area contributed by atoms with Crippen LogP contribution >= 0.6 is 0 Å². The first-order valence-electron chi connectivity index (χ1n) is 4.48. The van der Waals surface area contributed by atoms with Gasteiger partial charge in [0.15, 0.2) is 0 Å². The third-order valence-electron chi connectivity index (χ3n) is 2.65. The predicted molar refractivity (Wildman–Crippen MR) is 47.6 cm³/mol. The number of rotatable bonds is 1. The first kappa shape index (κ1) is 7.59. The van der Waals surface area contributed by atoms with Gasteiger partial charge in [0, 0.05) is 12.1 Å². The van der Waals surface area contributed by atoms with Gasteiger partial charge in [0.2, 0.25) is 5.91 Å². The number of hydrogen-bond acceptors (Lipinski definition) is 1. The molecule has 0 fully saturated rings. The van der Waals surface area contributed by atoms with Crippen molar-refractivity contribution in [2.24, 2.45) is 0 Å². The van der Waals surface area contributed by atoms with E-state index in [9.17, 15) is 4.79 Å². The lowest BCUT2D eigenvalue weighted by atomic mass is 9.92. The van der Waals surface area contributed by atoms with Gasteiger partial charge in [-0.05, 0) is 24.8 Å². The molecule has 0 aromatic carbocycles. The summed E-state index contributed by atoms with van der Waals surface area (Å²) in [6.07, 6.45) is 5.18. The zero-order valence-corrected chi connectivity index (χ0v) is 7.31. The molecule has 2 rings (SSSR count). The monoisotopic (exact) mass is 163 g/mol. The summed E-state index contributed by atoms with van der Waals surface area (Å²) < 4.78 is 0. The van der Waals surface area contributed by atoms with Crippen LogP contribution in [0.25, 0.3) is 0 Å². The van der Waals surface area contributed by atoms with Gasteiger partial charge in [-0.15, -0.1) is 0 Å². The molecule has 1 aliphatic heterocycles. The first-order valence-corrected chi connectivity index (χ1v) is 4.48. The van der Waals surface area contributed by atoms with Crippen LogP contribution in [0.1, 0.15) is 26.2 Å². The standard InChI is InChI=1S/C10H13NO/c1-2-7-3-4-9-8(5-7)6-11-10(9)12/h3H,2,4-6H2,1H3,(H,11,12). The Balaban J connectivity index is 2.19. The molecule has 64 valence electrons. The largest absolute Gasteiger partial charge is 0.349 e. The molecule has 2 nitrogen and oxygen atoms in total. The van der Waals surface area contributed by atoms with Gasteiger partial charge in [-0.3, -0.25) is 4.79 Å². The highest BCUT2D eigenvalue weighted by atomic mass is 16.1. The average Bonchev–Trinajstić information content (AvgIpc) is 2.47. The highest BCUT2D eigenvalue weighted by Gasteiger charge is 2.24. The third kappa shape index (κ3) is 1.07. The topological polar surface area (TPSA) is 29.1 Å². The van der Waals surface area contributed by atoms with Crippen molar-refractivity contribution in [2.75, 3.05) is 6.54 Å². The SMILES string of the molecule is CCC1=CCC2=C(CNC2=O)C1. The molecule has 2 aliphatic rings. The Bertz CT molecular complexity index is 286. The Morgan fingerprint density at radius 2 is 2.42 bits per heavy atom. The molecular weight excluding hydrogens is 150 g/mol. The van der Waals surface area contributed by atoms with Crippen molar-refractivity contribution in [1.29, 1.82) is 0 Å². The van der Waals surface area contributed by atoms with Crippen LogP contribution in [0.2, 0.25) is 0 Å². The van der Waals surface area contributed by atoms with Crippen molar-refractivity contribution >= 4 is 5.91 Å².